The zero-order valence-electron chi connectivity index (χ0n) is 5.10. The van der Waals surface area contributed by atoms with E-state index in [4.69, 9.17) is 5.21 Å². The second kappa shape index (κ2) is 1.70. The maximum absolute atomic E-state index is 8.86. The Bertz CT molecular complexity index is 317. The van der Waals surface area contributed by atoms with Crippen molar-refractivity contribution in [1.82, 2.24) is 14.7 Å². The van der Waals surface area contributed by atoms with E-state index in [2.05, 4.69) is 9.97 Å². The van der Waals surface area contributed by atoms with E-state index in [1.54, 1.807) is 12.3 Å². The van der Waals surface area contributed by atoms with Crippen LogP contribution < -0.4 is 0 Å². The van der Waals surface area contributed by atoms with Crippen LogP contribution in [0.1, 0.15) is 0 Å². The van der Waals surface area contributed by atoms with E-state index in [9.17, 15) is 0 Å². The fourth-order valence-corrected chi connectivity index (χ4v) is 0.828. The number of aromatic nitrogens is 3. The Balaban J connectivity index is 2.75. The molecule has 0 unspecified atom stereocenters. The van der Waals surface area contributed by atoms with E-state index < -0.39 is 0 Å². The molecule has 0 radical (unpaired) electrons. The van der Waals surface area contributed by atoms with Gasteiger partial charge in [0.05, 0.1) is 11.9 Å². The number of hydrogen-bond donors (Lipinski definition) is 1. The Hall–Kier alpha value is -1.58. The van der Waals surface area contributed by atoms with Crippen LogP contribution in [0.4, 0.5) is 0 Å². The van der Waals surface area contributed by atoms with Gasteiger partial charge in [-0.15, -0.1) is 0 Å². The summed E-state index contributed by atoms with van der Waals surface area (Å²) in [5.41, 5.74) is 1.50. The number of fused-ring (bicyclic) bond motifs is 1. The molecule has 10 heavy (non-hydrogen) atoms. The lowest BCUT2D eigenvalue weighted by Gasteiger charge is -1.97. The predicted molar refractivity (Wildman–Crippen MR) is 33.8 cm³/mol. The highest BCUT2D eigenvalue weighted by atomic mass is 16.5. The fraction of sp³-hybridized carbons (Fsp3) is 0. The summed E-state index contributed by atoms with van der Waals surface area (Å²) in [6, 6.07) is 1.79. The lowest BCUT2D eigenvalue weighted by Crippen LogP contribution is -1.94. The monoisotopic (exact) mass is 135 g/mol. The van der Waals surface area contributed by atoms with Crippen LogP contribution >= 0.6 is 0 Å². The summed E-state index contributed by atoms with van der Waals surface area (Å²) in [5, 5.41) is 8.86. The molecule has 2 rings (SSSR count). The molecule has 0 aromatic heterocycles. The van der Waals surface area contributed by atoms with Gasteiger partial charge in [0.15, 0.2) is 0 Å². The topological polar surface area (TPSA) is 50.9 Å². The Morgan fingerprint density at radius 3 is 3.10 bits per heavy atom. The van der Waals surface area contributed by atoms with Gasteiger partial charge < -0.3 is 5.21 Å². The highest BCUT2D eigenvalue weighted by Gasteiger charge is 2.02. The van der Waals surface area contributed by atoms with Crippen molar-refractivity contribution in [3.63, 3.8) is 0 Å². The molecule has 50 valence electrons. The first kappa shape index (κ1) is 5.22. The summed E-state index contributed by atoms with van der Waals surface area (Å²) in [6.45, 7) is 0. The SMILES string of the molecule is On1cnc2ccnc-2c1. The van der Waals surface area contributed by atoms with Crippen molar-refractivity contribution < 1.29 is 5.21 Å². The molecule has 0 aliphatic carbocycles. The summed E-state index contributed by atoms with van der Waals surface area (Å²) >= 11 is 0. The minimum Gasteiger partial charge on any atom is -0.427 e. The molecule has 2 heterocycles. The third-order valence-corrected chi connectivity index (χ3v) is 1.28. The smallest absolute Gasteiger partial charge is 0.132 e. The fourth-order valence-electron chi connectivity index (χ4n) is 0.828. The van der Waals surface area contributed by atoms with Crippen LogP contribution in [-0.2, 0) is 0 Å². The first-order valence-electron chi connectivity index (χ1n) is 2.84. The average Bonchev–Trinajstić information content (AvgIpc) is 2.33. The summed E-state index contributed by atoms with van der Waals surface area (Å²) in [6.07, 6.45) is 4.48. The Morgan fingerprint density at radius 1 is 1.30 bits per heavy atom. The van der Waals surface area contributed by atoms with Gasteiger partial charge in [-0.25, -0.2) is 4.98 Å². The first-order valence-corrected chi connectivity index (χ1v) is 2.84. The summed E-state index contributed by atoms with van der Waals surface area (Å²) in [5.74, 6) is 0. The van der Waals surface area contributed by atoms with Gasteiger partial charge in [-0.3, -0.25) is 4.98 Å². The normalized spacial score (nSPS) is 10.4. The van der Waals surface area contributed by atoms with Crippen molar-refractivity contribution in [3.8, 4) is 11.4 Å². The third-order valence-electron chi connectivity index (χ3n) is 1.28. The standard InChI is InChI=1S/C6H5N3O/c10-9-3-6-5(8-4-9)1-2-7-6/h1-4,10H. The molecule has 0 bridgehead atoms. The lowest BCUT2D eigenvalue weighted by molar-refractivity contribution is 0.181. The quantitative estimate of drug-likeness (QED) is 0.539. The van der Waals surface area contributed by atoms with Crippen molar-refractivity contribution in [3.05, 3.63) is 24.8 Å². The van der Waals surface area contributed by atoms with Gasteiger partial charge in [-0.1, -0.05) is 0 Å². The van der Waals surface area contributed by atoms with Gasteiger partial charge in [0, 0.05) is 6.20 Å². The van der Waals surface area contributed by atoms with Crippen molar-refractivity contribution >= 4 is 0 Å². The predicted octanol–water partition coefficient (Wildman–Crippen LogP) is 0.620. The Kier molecular flexibility index (Phi) is 0.887. The van der Waals surface area contributed by atoms with Gasteiger partial charge in [0.2, 0.25) is 0 Å². The molecule has 4 nitrogen and oxygen atoms in total. The number of rotatable bonds is 0. The Labute approximate surface area is 57.1 Å². The second-order valence-corrected chi connectivity index (χ2v) is 1.97. The zero-order chi connectivity index (χ0) is 6.97. The summed E-state index contributed by atoms with van der Waals surface area (Å²) in [7, 11) is 0. The average molecular weight is 135 g/mol. The molecule has 0 amide bonds. The molecule has 2 aliphatic heterocycles. The van der Waals surface area contributed by atoms with Crippen molar-refractivity contribution in [2.24, 2.45) is 0 Å². The molecule has 0 saturated carbocycles. The Morgan fingerprint density at radius 2 is 2.20 bits per heavy atom. The number of nitrogens with zero attached hydrogens (tertiary/aromatic N) is 3. The van der Waals surface area contributed by atoms with Crippen LogP contribution in [0.3, 0.4) is 0 Å². The van der Waals surface area contributed by atoms with E-state index in [0.717, 1.165) is 10.4 Å². The molecule has 4 heteroatoms. The van der Waals surface area contributed by atoms with Gasteiger partial charge in [0.25, 0.3) is 0 Å². The van der Waals surface area contributed by atoms with Crippen LogP contribution in [0.2, 0.25) is 0 Å². The minimum atomic E-state index is 0.699. The molecular weight excluding hydrogens is 130 g/mol. The van der Waals surface area contributed by atoms with Crippen LogP contribution in [0.15, 0.2) is 24.8 Å². The molecule has 0 aromatic rings. The molecular formula is C6H5N3O. The van der Waals surface area contributed by atoms with Gasteiger partial charge >= 0.3 is 0 Å². The van der Waals surface area contributed by atoms with Crippen molar-refractivity contribution in [1.29, 1.82) is 0 Å². The van der Waals surface area contributed by atoms with Crippen LogP contribution in [-0.4, -0.2) is 19.9 Å². The molecule has 0 aromatic carbocycles. The van der Waals surface area contributed by atoms with E-state index in [0.29, 0.717) is 5.69 Å². The van der Waals surface area contributed by atoms with E-state index in [1.165, 1.54) is 12.5 Å². The molecule has 2 aliphatic rings. The zero-order valence-corrected chi connectivity index (χ0v) is 5.10. The van der Waals surface area contributed by atoms with Crippen molar-refractivity contribution in [2.45, 2.75) is 0 Å². The first-order chi connectivity index (χ1) is 4.86. The lowest BCUT2D eigenvalue weighted by atomic mass is 10.3. The molecule has 0 atom stereocenters. The van der Waals surface area contributed by atoms with E-state index in [1.807, 2.05) is 0 Å². The molecule has 1 N–H and O–H groups in total. The molecule has 0 saturated heterocycles. The largest absolute Gasteiger partial charge is 0.427 e. The van der Waals surface area contributed by atoms with Crippen molar-refractivity contribution in [2.75, 3.05) is 0 Å². The van der Waals surface area contributed by atoms with E-state index in [-0.39, 0.29) is 0 Å². The van der Waals surface area contributed by atoms with E-state index >= 15 is 0 Å². The van der Waals surface area contributed by atoms with Gasteiger partial charge in [-0.05, 0) is 6.07 Å². The molecule has 0 fully saturated rings. The summed E-state index contributed by atoms with van der Waals surface area (Å²) in [4.78, 5) is 7.83. The minimum absolute atomic E-state index is 0.699. The maximum Gasteiger partial charge on any atom is 0.132 e. The number of hydrogen-bond acceptors (Lipinski definition) is 3. The highest BCUT2D eigenvalue weighted by Crippen LogP contribution is 2.13. The molecule has 0 spiro atoms. The second-order valence-electron chi connectivity index (χ2n) is 1.97. The maximum atomic E-state index is 8.86. The summed E-state index contributed by atoms with van der Waals surface area (Å²) < 4.78 is 0.884. The third kappa shape index (κ3) is 0.621. The van der Waals surface area contributed by atoms with Crippen LogP contribution in [0.5, 0.6) is 0 Å². The van der Waals surface area contributed by atoms with Gasteiger partial charge in [-0.2, -0.15) is 4.73 Å². The van der Waals surface area contributed by atoms with Crippen LogP contribution in [0.25, 0.3) is 11.4 Å². The van der Waals surface area contributed by atoms with Crippen LogP contribution in [0, 0.1) is 0 Å². The van der Waals surface area contributed by atoms with Gasteiger partial charge in [0.1, 0.15) is 12.0 Å². The highest BCUT2D eigenvalue weighted by molar-refractivity contribution is 5.53.